The van der Waals surface area contributed by atoms with Gasteiger partial charge in [-0.3, -0.25) is 24.3 Å². The minimum absolute atomic E-state index is 0.0540. The summed E-state index contributed by atoms with van der Waals surface area (Å²) in [6, 6.07) is 10.3. The Kier molecular flexibility index (Phi) is 4.62. The Morgan fingerprint density at radius 3 is 2.72 bits per heavy atom. The number of hydrazone groups is 1. The second-order valence-electron chi connectivity index (χ2n) is 7.13. The molecular formula is C21H15N5O6. The van der Waals surface area contributed by atoms with Gasteiger partial charge in [0, 0.05) is 18.6 Å². The molecule has 1 aromatic carbocycles. The van der Waals surface area contributed by atoms with Crippen molar-refractivity contribution in [1.29, 1.82) is 0 Å². The molecule has 0 aliphatic carbocycles. The van der Waals surface area contributed by atoms with Crippen LogP contribution in [0.1, 0.15) is 24.0 Å². The molecule has 32 heavy (non-hydrogen) atoms. The molecule has 4 heterocycles. The summed E-state index contributed by atoms with van der Waals surface area (Å²) in [5.74, 6) is 0.610. The SMILES string of the molecule is O=C(Cn1cnc2ccc([N+](=O)[O-])cc2c1=O)N1N=C(c2ccco2)C[C@@H]1c1ccco1. The zero-order valence-electron chi connectivity index (χ0n) is 16.5. The number of hydrogen-bond donors (Lipinski definition) is 0. The monoisotopic (exact) mass is 433 g/mol. The topological polar surface area (TPSA) is 137 Å². The zero-order chi connectivity index (χ0) is 22.2. The number of non-ortho nitro benzene ring substituents is 1. The lowest BCUT2D eigenvalue weighted by atomic mass is 10.1. The molecule has 0 fully saturated rings. The van der Waals surface area contributed by atoms with Gasteiger partial charge in [0.1, 0.15) is 29.8 Å². The number of benzene rings is 1. The lowest BCUT2D eigenvalue weighted by molar-refractivity contribution is -0.384. The van der Waals surface area contributed by atoms with Crippen LogP contribution in [-0.4, -0.2) is 31.1 Å². The smallest absolute Gasteiger partial charge is 0.270 e. The fourth-order valence-corrected chi connectivity index (χ4v) is 3.63. The van der Waals surface area contributed by atoms with Crippen molar-refractivity contribution in [2.45, 2.75) is 19.0 Å². The second-order valence-corrected chi connectivity index (χ2v) is 7.13. The van der Waals surface area contributed by atoms with Crippen molar-refractivity contribution in [1.82, 2.24) is 14.6 Å². The highest BCUT2D eigenvalue weighted by Gasteiger charge is 2.35. The summed E-state index contributed by atoms with van der Waals surface area (Å²) < 4.78 is 12.0. The Balaban J connectivity index is 1.48. The minimum Gasteiger partial charge on any atom is -0.467 e. The molecule has 0 radical (unpaired) electrons. The number of nitro benzene ring substituents is 1. The molecule has 0 bridgehead atoms. The molecule has 0 spiro atoms. The zero-order valence-corrected chi connectivity index (χ0v) is 16.5. The number of fused-ring (bicyclic) bond motifs is 1. The van der Waals surface area contributed by atoms with Crippen LogP contribution in [0.25, 0.3) is 10.9 Å². The minimum atomic E-state index is -0.593. The van der Waals surface area contributed by atoms with E-state index >= 15 is 0 Å². The molecule has 3 aromatic heterocycles. The third kappa shape index (κ3) is 3.35. The summed E-state index contributed by atoms with van der Waals surface area (Å²) in [7, 11) is 0. The third-order valence-electron chi connectivity index (χ3n) is 5.17. The predicted octanol–water partition coefficient (Wildman–Crippen LogP) is 2.87. The maximum atomic E-state index is 13.1. The number of aromatic nitrogens is 2. The summed E-state index contributed by atoms with van der Waals surface area (Å²) in [4.78, 5) is 40.6. The van der Waals surface area contributed by atoms with Crippen LogP contribution in [0.15, 0.2) is 80.0 Å². The van der Waals surface area contributed by atoms with Gasteiger partial charge in [-0.05, 0) is 30.3 Å². The fourth-order valence-electron chi connectivity index (χ4n) is 3.63. The van der Waals surface area contributed by atoms with Gasteiger partial charge < -0.3 is 8.83 Å². The molecule has 0 unspecified atom stereocenters. The molecular weight excluding hydrogens is 418 g/mol. The highest BCUT2D eigenvalue weighted by atomic mass is 16.6. The molecule has 0 saturated carbocycles. The summed E-state index contributed by atoms with van der Waals surface area (Å²) in [5, 5.41) is 16.8. The Hall–Kier alpha value is -4.54. The van der Waals surface area contributed by atoms with Gasteiger partial charge in [0.15, 0.2) is 0 Å². The Morgan fingerprint density at radius 1 is 1.19 bits per heavy atom. The number of carbonyl (C=O) groups is 1. The Labute approximate surface area is 179 Å². The van der Waals surface area contributed by atoms with Gasteiger partial charge in [-0.2, -0.15) is 5.10 Å². The first-order valence-corrected chi connectivity index (χ1v) is 9.61. The van der Waals surface area contributed by atoms with Crippen LogP contribution in [0.5, 0.6) is 0 Å². The number of hydrogen-bond acceptors (Lipinski definition) is 8. The number of rotatable bonds is 5. The molecule has 5 rings (SSSR count). The van der Waals surface area contributed by atoms with E-state index in [-0.39, 0.29) is 17.6 Å². The molecule has 0 saturated heterocycles. The first-order valence-electron chi connectivity index (χ1n) is 9.61. The highest BCUT2D eigenvalue weighted by molar-refractivity contribution is 6.01. The van der Waals surface area contributed by atoms with E-state index in [0.717, 1.165) is 10.6 Å². The van der Waals surface area contributed by atoms with Gasteiger partial charge in [-0.25, -0.2) is 9.99 Å². The van der Waals surface area contributed by atoms with Crippen LogP contribution in [-0.2, 0) is 11.3 Å². The molecule has 1 aliphatic rings. The van der Waals surface area contributed by atoms with Gasteiger partial charge >= 0.3 is 0 Å². The Bertz CT molecular complexity index is 1400. The molecule has 1 amide bonds. The number of nitro groups is 1. The van der Waals surface area contributed by atoms with Crippen molar-refractivity contribution < 1.29 is 18.6 Å². The molecule has 11 nitrogen and oxygen atoms in total. The van der Waals surface area contributed by atoms with Crippen LogP contribution in [0, 0.1) is 10.1 Å². The van der Waals surface area contributed by atoms with E-state index in [1.807, 2.05) is 0 Å². The molecule has 11 heteroatoms. The van der Waals surface area contributed by atoms with Gasteiger partial charge in [0.25, 0.3) is 17.2 Å². The van der Waals surface area contributed by atoms with Gasteiger partial charge in [-0.15, -0.1) is 0 Å². The number of furan rings is 2. The quantitative estimate of drug-likeness (QED) is 0.348. The highest BCUT2D eigenvalue weighted by Crippen LogP contribution is 2.33. The van der Waals surface area contributed by atoms with Gasteiger partial charge in [-0.1, -0.05) is 0 Å². The summed E-state index contributed by atoms with van der Waals surface area (Å²) >= 11 is 0. The first kappa shape index (κ1) is 19.4. The summed E-state index contributed by atoms with van der Waals surface area (Å²) in [6.07, 6.45) is 4.64. The normalized spacial score (nSPS) is 15.8. The lowest BCUT2D eigenvalue weighted by Gasteiger charge is -2.20. The van der Waals surface area contributed by atoms with Crippen LogP contribution in [0.3, 0.4) is 0 Å². The van der Waals surface area contributed by atoms with E-state index in [1.54, 1.807) is 24.3 Å². The van der Waals surface area contributed by atoms with E-state index in [4.69, 9.17) is 8.83 Å². The van der Waals surface area contributed by atoms with Crippen molar-refractivity contribution in [3.8, 4) is 0 Å². The molecule has 160 valence electrons. The van der Waals surface area contributed by atoms with Crippen molar-refractivity contribution >= 4 is 28.2 Å². The van der Waals surface area contributed by atoms with Crippen LogP contribution in [0.4, 0.5) is 5.69 Å². The van der Waals surface area contributed by atoms with Gasteiger partial charge in [0.05, 0.1) is 34.7 Å². The number of carbonyl (C=O) groups excluding carboxylic acids is 1. The van der Waals surface area contributed by atoms with E-state index in [2.05, 4.69) is 10.1 Å². The summed E-state index contributed by atoms with van der Waals surface area (Å²) in [5.41, 5.74) is 0.0862. The van der Waals surface area contributed by atoms with E-state index < -0.39 is 22.4 Å². The number of amides is 1. The number of nitrogens with zero attached hydrogens (tertiary/aromatic N) is 5. The van der Waals surface area contributed by atoms with Gasteiger partial charge in [0.2, 0.25) is 0 Å². The predicted molar refractivity (Wildman–Crippen MR) is 111 cm³/mol. The molecule has 0 N–H and O–H groups in total. The summed E-state index contributed by atoms with van der Waals surface area (Å²) in [6.45, 7) is -0.351. The van der Waals surface area contributed by atoms with E-state index in [1.165, 1.54) is 36.0 Å². The van der Waals surface area contributed by atoms with E-state index in [9.17, 15) is 19.7 Å². The molecule has 1 atom stereocenters. The average Bonchev–Trinajstić information content (AvgIpc) is 3.55. The second kappa shape index (κ2) is 7.61. The van der Waals surface area contributed by atoms with Crippen molar-refractivity contribution in [3.63, 3.8) is 0 Å². The maximum Gasteiger partial charge on any atom is 0.270 e. The molecule has 4 aromatic rings. The average molecular weight is 433 g/mol. The standard InChI is InChI=1S/C21H15N5O6/c27-20(11-24-12-22-15-6-5-13(26(29)30)9-14(15)21(24)28)25-17(19-4-2-8-32-19)10-16(23-25)18-3-1-7-31-18/h1-9,12,17H,10-11H2/t17-/m1/s1. The first-order chi connectivity index (χ1) is 15.5. The Morgan fingerprint density at radius 2 is 2.00 bits per heavy atom. The van der Waals surface area contributed by atoms with Crippen molar-refractivity contribution in [2.75, 3.05) is 0 Å². The fraction of sp³-hybridized carbons (Fsp3) is 0.143. The van der Waals surface area contributed by atoms with Crippen LogP contribution >= 0.6 is 0 Å². The van der Waals surface area contributed by atoms with E-state index in [0.29, 0.717) is 29.2 Å². The van der Waals surface area contributed by atoms with Crippen LogP contribution in [0.2, 0.25) is 0 Å². The van der Waals surface area contributed by atoms with Crippen molar-refractivity contribution in [2.24, 2.45) is 5.10 Å². The third-order valence-corrected chi connectivity index (χ3v) is 5.17. The maximum absolute atomic E-state index is 13.1. The van der Waals surface area contributed by atoms with Crippen molar-refractivity contribution in [3.05, 3.63) is 93.3 Å². The molecule has 1 aliphatic heterocycles. The van der Waals surface area contributed by atoms with Crippen LogP contribution < -0.4 is 5.56 Å². The lowest BCUT2D eigenvalue weighted by Crippen LogP contribution is -2.34. The largest absolute Gasteiger partial charge is 0.467 e.